The molecule has 6 nitrogen and oxygen atoms in total. The number of para-hydroxylation sites is 1. The second-order valence-electron chi connectivity index (χ2n) is 10.6. The van der Waals surface area contributed by atoms with Crippen LogP contribution in [0.25, 0.3) is 5.69 Å². The predicted molar refractivity (Wildman–Crippen MR) is 144 cm³/mol. The van der Waals surface area contributed by atoms with Crippen LogP contribution in [0.5, 0.6) is 5.75 Å². The van der Waals surface area contributed by atoms with Gasteiger partial charge in [0.1, 0.15) is 18.2 Å². The molecule has 0 saturated heterocycles. The molecular weight excluding hydrogens is 462 g/mol. The van der Waals surface area contributed by atoms with Gasteiger partial charge in [0.2, 0.25) is 0 Å². The Morgan fingerprint density at radius 3 is 2.27 bits per heavy atom. The molecule has 0 radical (unpaired) electrons. The molecule has 186 valence electrons. The van der Waals surface area contributed by atoms with Crippen LogP contribution in [-0.4, -0.2) is 15.6 Å². The number of nitrogens with zero attached hydrogens (tertiary/aromatic N) is 1. The van der Waals surface area contributed by atoms with Gasteiger partial charge in [0.15, 0.2) is 5.78 Å². The highest BCUT2D eigenvalue weighted by Crippen LogP contribution is 2.48. The molecule has 1 aromatic heterocycles. The summed E-state index contributed by atoms with van der Waals surface area (Å²) < 4.78 is 7.53. The van der Waals surface area contributed by atoms with Crippen LogP contribution in [0.1, 0.15) is 49.3 Å². The summed E-state index contributed by atoms with van der Waals surface area (Å²) in [6.07, 6.45) is 1.19. The number of ether oxygens (including phenoxy) is 1. The number of aromatic amines is 1. The molecule has 0 spiro atoms. The molecule has 1 aliphatic carbocycles. The number of benzene rings is 3. The molecule has 1 atom stereocenters. The van der Waals surface area contributed by atoms with Gasteiger partial charge in [-0.3, -0.25) is 14.7 Å². The number of nitrogens with one attached hydrogen (secondary N) is 2. The molecule has 1 aliphatic heterocycles. The quantitative estimate of drug-likeness (QED) is 0.362. The van der Waals surface area contributed by atoms with Crippen LogP contribution in [0.2, 0.25) is 0 Å². The van der Waals surface area contributed by atoms with E-state index in [4.69, 9.17) is 4.74 Å². The molecule has 6 rings (SSSR count). The van der Waals surface area contributed by atoms with E-state index >= 15 is 0 Å². The van der Waals surface area contributed by atoms with Gasteiger partial charge in [-0.1, -0.05) is 74.5 Å². The second kappa shape index (κ2) is 8.96. The SMILES string of the molecule is CC1(C)CC(=O)C2=C(C1)Nc1[nH]n(-c3ccccc3)c(=O)c1C2c1ccc(OCc2ccccc2)cc1. The van der Waals surface area contributed by atoms with Gasteiger partial charge in [0.05, 0.1) is 11.3 Å². The van der Waals surface area contributed by atoms with Crippen molar-refractivity contribution in [2.45, 2.75) is 39.2 Å². The molecule has 37 heavy (non-hydrogen) atoms. The highest BCUT2D eigenvalue weighted by Gasteiger charge is 2.42. The van der Waals surface area contributed by atoms with E-state index in [-0.39, 0.29) is 16.8 Å². The first-order chi connectivity index (χ1) is 17.9. The summed E-state index contributed by atoms with van der Waals surface area (Å²) in [6.45, 7) is 4.69. The van der Waals surface area contributed by atoms with Crippen molar-refractivity contribution in [1.82, 2.24) is 9.78 Å². The van der Waals surface area contributed by atoms with Gasteiger partial charge in [0.25, 0.3) is 5.56 Å². The lowest BCUT2D eigenvalue weighted by atomic mass is 9.69. The number of hydrogen-bond donors (Lipinski definition) is 2. The summed E-state index contributed by atoms with van der Waals surface area (Å²) in [4.78, 5) is 27.3. The summed E-state index contributed by atoms with van der Waals surface area (Å²) in [5.74, 6) is 1.02. The molecule has 2 N–H and O–H groups in total. The Morgan fingerprint density at radius 2 is 1.57 bits per heavy atom. The number of Topliss-reactive ketones (excluding diaryl/α,β-unsaturated/α-hetero) is 1. The Hall–Kier alpha value is -4.32. The minimum absolute atomic E-state index is 0.0886. The van der Waals surface area contributed by atoms with Crippen LogP contribution in [0, 0.1) is 5.41 Å². The number of ketones is 1. The second-order valence-corrected chi connectivity index (χ2v) is 10.6. The minimum Gasteiger partial charge on any atom is -0.489 e. The maximum absolute atomic E-state index is 13.8. The lowest BCUT2D eigenvalue weighted by Crippen LogP contribution is -2.35. The van der Waals surface area contributed by atoms with Crippen molar-refractivity contribution in [2.75, 3.05) is 5.32 Å². The topological polar surface area (TPSA) is 76.1 Å². The first kappa shape index (κ1) is 23.1. The summed E-state index contributed by atoms with van der Waals surface area (Å²) in [5.41, 5.74) is 4.58. The number of fused-ring (bicyclic) bond motifs is 1. The summed E-state index contributed by atoms with van der Waals surface area (Å²) >= 11 is 0. The fourth-order valence-corrected chi connectivity index (χ4v) is 5.48. The molecule has 0 fully saturated rings. The highest BCUT2D eigenvalue weighted by atomic mass is 16.5. The molecule has 2 aliphatic rings. The third kappa shape index (κ3) is 4.29. The van der Waals surface area contributed by atoms with E-state index in [0.717, 1.165) is 34.7 Å². The first-order valence-electron chi connectivity index (χ1n) is 12.6. The summed E-state index contributed by atoms with van der Waals surface area (Å²) in [5, 5.41) is 6.69. The van der Waals surface area contributed by atoms with Crippen molar-refractivity contribution in [1.29, 1.82) is 0 Å². The van der Waals surface area contributed by atoms with Crippen LogP contribution in [0.4, 0.5) is 5.82 Å². The normalized spacial score (nSPS) is 18.1. The Labute approximate surface area is 215 Å². The molecule has 0 bridgehead atoms. The highest BCUT2D eigenvalue weighted by molar-refractivity contribution is 6.01. The van der Waals surface area contributed by atoms with Crippen LogP contribution in [0.15, 0.2) is 101 Å². The largest absolute Gasteiger partial charge is 0.489 e. The number of anilines is 1. The van der Waals surface area contributed by atoms with Gasteiger partial charge in [-0.25, -0.2) is 4.68 Å². The third-order valence-electron chi connectivity index (χ3n) is 7.18. The van der Waals surface area contributed by atoms with E-state index in [0.29, 0.717) is 30.0 Å². The Bertz CT molecular complexity index is 1540. The average molecular weight is 492 g/mol. The van der Waals surface area contributed by atoms with E-state index in [1.165, 1.54) is 0 Å². The summed E-state index contributed by atoms with van der Waals surface area (Å²) in [6, 6.07) is 27.3. The summed E-state index contributed by atoms with van der Waals surface area (Å²) in [7, 11) is 0. The van der Waals surface area contributed by atoms with Crippen LogP contribution in [0.3, 0.4) is 0 Å². The zero-order valence-corrected chi connectivity index (χ0v) is 21.0. The fourth-order valence-electron chi connectivity index (χ4n) is 5.48. The van der Waals surface area contributed by atoms with Crippen molar-refractivity contribution >= 4 is 11.6 Å². The number of allylic oxidation sites excluding steroid dienone is 2. The van der Waals surface area contributed by atoms with Crippen molar-refractivity contribution in [3.05, 3.63) is 123 Å². The van der Waals surface area contributed by atoms with Gasteiger partial charge in [0, 0.05) is 23.6 Å². The Morgan fingerprint density at radius 1 is 0.892 bits per heavy atom. The maximum atomic E-state index is 13.8. The van der Waals surface area contributed by atoms with Crippen LogP contribution >= 0.6 is 0 Å². The number of carbonyl (C=O) groups is 1. The van der Waals surface area contributed by atoms with Crippen molar-refractivity contribution in [2.24, 2.45) is 5.41 Å². The zero-order valence-electron chi connectivity index (χ0n) is 21.0. The number of hydrogen-bond acceptors (Lipinski definition) is 4. The number of rotatable bonds is 5. The van der Waals surface area contributed by atoms with E-state index in [2.05, 4.69) is 24.3 Å². The number of carbonyl (C=O) groups excluding carboxylic acids is 1. The molecule has 6 heteroatoms. The molecule has 0 saturated carbocycles. The van der Waals surface area contributed by atoms with Gasteiger partial charge < -0.3 is 10.1 Å². The van der Waals surface area contributed by atoms with Crippen LogP contribution in [-0.2, 0) is 11.4 Å². The van der Waals surface area contributed by atoms with Gasteiger partial charge in [-0.15, -0.1) is 0 Å². The fraction of sp³-hybridized carbons (Fsp3) is 0.226. The average Bonchev–Trinajstić information content (AvgIpc) is 3.23. The molecule has 4 aromatic rings. The molecule has 0 amide bonds. The number of H-pyrrole nitrogens is 1. The van der Waals surface area contributed by atoms with Crippen molar-refractivity contribution in [3.8, 4) is 11.4 Å². The smallest absolute Gasteiger partial charge is 0.277 e. The van der Waals surface area contributed by atoms with E-state index in [9.17, 15) is 9.59 Å². The van der Waals surface area contributed by atoms with Gasteiger partial charge in [-0.2, -0.15) is 0 Å². The maximum Gasteiger partial charge on any atom is 0.277 e. The van der Waals surface area contributed by atoms with Crippen molar-refractivity contribution < 1.29 is 9.53 Å². The van der Waals surface area contributed by atoms with E-state index < -0.39 is 5.92 Å². The lowest BCUT2D eigenvalue weighted by molar-refractivity contribution is -0.118. The standard InChI is InChI=1S/C31H29N3O3/c1-31(2)17-24-27(25(35)18-31)26(21-13-15-23(16-14-21)37-19-20-9-5-3-6-10-20)28-29(32-24)33-34(30(28)36)22-11-7-4-8-12-22/h3-16,26,32-33H,17-19H2,1-2H3. The Kier molecular flexibility index (Phi) is 5.60. The van der Waals surface area contributed by atoms with E-state index in [1.54, 1.807) is 4.68 Å². The molecule has 2 heterocycles. The molecule has 1 unspecified atom stereocenters. The van der Waals surface area contributed by atoms with Gasteiger partial charge >= 0.3 is 0 Å². The van der Waals surface area contributed by atoms with Crippen LogP contribution < -0.4 is 15.6 Å². The monoisotopic (exact) mass is 491 g/mol. The lowest BCUT2D eigenvalue weighted by Gasteiger charge is -2.37. The zero-order chi connectivity index (χ0) is 25.6. The molecular formula is C31H29N3O3. The Balaban J connectivity index is 1.41. The van der Waals surface area contributed by atoms with Crippen molar-refractivity contribution in [3.63, 3.8) is 0 Å². The molecule has 3 aromatic carbocycles. The van der Waals surface area contributed by atoms with E-state index in [1.807, 2.05) is 84.9 Å². The first-order valence-corrected chi connectivity index (χ1v) is 12.6. The number of aromatic nitrogens is 2. The minimum atomic E-state index is -0.452. The predicted octanol–water partition coefficient (Wildman–Crippen LogP) is 5.95. The third-order valence-corrected chi connectivity index (χ3v) is 7.18. The van der Waals surface area contributed by atoms with Gasteiger partial charge in [-0.05, 0) is 47.2 Å².